The number of benzene rings is 3. The van der Waals surface area contributed by atoms with E-state index in [1.807, 2.05) is 0 Å². The van der Waals surface area contributed by atoms with Gasteiger partial charge >= 0.3 is 0 Å². The van der Waals surface area contributed by atoms with Gasteiger partial charge in [0.15, 0.2) is 0 Å². The van der Waals surface area contributed by atoms with Crippen molar-refractivity contribution in [2.75, 3.05) is 0 Å². The summed E-state index contributed by atoms with van der Waals surface area (Å²) in [6, 6.07) is 22.3. The first-order valence-electron chi connectivity index (χ1n) is 9.34. The molecule has 3 aromatic carbocycles. The van der Waals surface area contributed by atoms with Crippen molar-refractivity contribution in [3.05, 3.63) is 82.9 Å². The quantitative estimate of drug-likeness (QED) is 0.498. The minimum absolute atomic E-state index is 0.600. The second-order valence-electron chi connectivity index (χ2n) is 6.97. The van der Waals surface area contributed by atoms with E-state index in [0.717, 1.165) is 12.8 Å². The molecular formula is C24H25N. The fraction of sp³-hybridized carbons (Fsp3) is 0.250. The first kappa shape index (κ1) is 16.1. The minimum atomic E-state index is 0.600. The summed E-state index contributed by atoms with van der Waals surface area (Å²) in [4.78, 5) is 0. The standard InChI is InChI=1S/C24H25N/c1-2-3-7-19-12-13-21-22-14-17(16-25)10-11-20(22)15-23(21)24(19)18-8-5-4-6-9-18/h4-6,8-14H,2-3,7,15-16,25H2,1H3. The lowest BCUT2D eigenvalue weighted by atomic mass is 9.89. The highest BCUT2D eigenvalue weighted by molar-refractivity contribution is 5.86. The number of nitrogens with two attached hydrogens (primary N) is 1. The largest absolute Gasteiger partial charge is 0.326 e. The zero-order chi connectivity index (χ0) is 17.2. The fourth-order valence-corrected chi connectivity index (χ4v) is 4.02. The van der Waals surface area contributed by atoms with Crippen LogP contribution in [-0.2, 0) is 19.4 Å². The average Bonchev–Trinajstić information content (AvgIpc) is 3.04. The van der Waals surface area contributed by atoms with Crippen molar-refractivity contribution in [3.63, 3.8) is 0 Å². The van der Waals surface area contributed by atoms with Crippen molar-refractivity contribution < 1.29 is 0 Å². The Bertz CT molecular complexity index is 893. The molecule has 0 radical (unpaired) electrons. The van der Waals surface area contributed by atoms with E-state index in [9.17, 15) is 0 Å². The Hall–Kier alpha value is -2.38. The maximum Gasteiger partial charge on any atom is 0.0178 e. The topological polar surface area (TPSA) is 26.0 Å². The van der Waals surface area contributed by atoms with Crippen molar-refractivity contribution in [1.82, 2.24) is 0 Å². The molecule has 0 fully saturated rings. The smallest absolute Gasteiger partial charge is 0.0178 e. The van der Waals surface area contributed by atoms with Gasteiger partial charge in [0.2, 0.25) is 0 Å². The van der Waals surface area contributed by atoms with Crippen LogP contribution in [0.4, 0.5) is 0 Å². The monoisotopic (exact) mass is 327 g/mol. The van der Waals surface area contributed by atoms with E-state index in [-0.39, 0.29) is 0 Å². The molecule has 1 aliphatic carbocycles. The molecule has 0 aromatic heterocycles. The molecule has 0 spiro atoms. The Morgan fingerprint density at radius 2 is 1.76 bits per heavy atom. The zero-order valence-electron chi connectivity index (χ0n) is 14.9. The molecule has 25 heavy (non-hydrogen) atoms. The second-order valence-corrected chi connectivity index (χ2v) is 6.97. The average molecular weight is 327 g/mol. The summed E-state index contributed by atoms with van der Waals surface area (Å²) in [5.41, 5.74) is 17.0. The van der Waals surface area contributed by atoms with Gasteiger partial charge in [0.25, 0.3) is 0 Å². The summed E-state index contributed by atoms with van der Waals surface area (Å²) in [5.74, 6) is 0. The summed E-state index contributed by atoms with van der Waals surface area (Å²) < 4.78 is 0. The Morgan fingerprint density at radius 1 is 0.920 bits per heavy atom. The van der Waals surface area contributed by atoms with Gasteiger partial charge in [-0.2, -0.15) is 0 Å². The van der Waals surface area contributed by atoms with E-state index >= 15 is 0 Å². The van der Waals surface area contributed by atoms with Gasteiger partial charge in [-0.25, -0.2) is 0 Å². The lowest BCUT2D eigenvalue weighted by Crippen LogP contribution is -1.96. The third-order valence-corrected chi connectivity index (χ3v) is 5.33. The molecule has 1 heteroatoms. The molecule has 0 saturated carbocycles. The summed E-state index contributed by atoms with van der Waals surface area (Å²) in [7, 11) is 0. The maximum absolute atomic E-state index is 5.86. The highest BCUT2D eigenvalue weighted by Crippen LogP contribution is 2.43. The van der Waals surface area contributed by atoms with Gasteiger partial charge in [0, 0.05) is 6.54 Å². The third kappa shape index (κ3) is 2.89. The summed E-state index contributed by atoms with van der Waals surface area (Å²) >= 11 is 0. The van der Waals surface area contributed by atoms with Crippen LogP contribution in [-0.4, -0.2) is 0 Å². The van der Waals surface area contributed by atoms with Gasteiger partial charge in [0.05, 0.1) is 0 Å². The molecule has 126 valence electrons. The van der Waals surface area contributed by atoms with Crippen LogP contribution in [0.5, 0.6) is 0 Å². The second kappa shape index (κ2) is 6.85. The van der Waals surface area contributed by atoms with Crippen molar-refractivity contribution in [3.8, 4) is 22.3 Å². The van der Waals surface area contributed by atoms with Crippen molar-refractivity contribution in [2.24, 2.45) is 5.73 Å². The van der Waals surface area contributed by atoms with E-state index in [1.54, 1.807) is 0 Å². The van der Waals surface area contributed by atoms with Gasteiger partial charge in [-0.3, -0.25) is 0 Å². The van der Waals surface area contributed by atoms with Crippen LogP contribution in [0.15, 0.2) is 60.7 Å². The van der Waals surface area contributed by atoms with Crippen LogP contribution in [0.25, 0.3) is 22.3 Å². The summed E-state index contributed by atoms with van der Waals surface area (Å²) in [5, 5.41) is 0. The Labute approximate surface area is 150 Å². The normalized spacial score (nSPS) is 12.1. The molecule has 1 aliphatic rings. The third-order valence-electron chi connectivity index (χ3n) is 5.33. The maximum atomic E-state index is 5.86. The Morgan fingerprint density at radius 3 is 2.52 bits per heavy atom. The molecule has 0 bridgehead atoms. The molecule has 0 unspecified atom stereocenters. The van der Waals surface area contributed by atoms with Gasteiger partial charge in [-0.1, -0.05) is 67.9 Å². The first-order chi connectivity index (χ1) is 12.3. The van der Waals surface area contributed by atoms with Crippen LogP contribution in [0.2, 0.25) is 0 Å². The molecule has 0 atom stereocenters. The number of hydrogen-bond acceptors (Lipinski definition) is 1. The van der Waals surface area contributed by atoms with Crippen molar-refractivity contribution in [2.45, 2.75) is 39.2 Å². The molecular weight excluding hydrogens is 302 g/mol. The Kier molecular flexibility index (Phi) is 4.42. The predicted octanol–water partition coefficient (Wildman–Crippen LogP) is 5.73. The molecule has 0 amide bonds. The molecule has 2 N–H and O–H groups in total. The van der Waals surface area contributed by atoms with Crippen LogP contribution >= 0.6 is 0 Å². The van der Waals surface area contributed by atoms with Crippen LogP contribution < -0.4 is 5.73 Å². The van der Waals surface area contributed by atoms with E-state index in [0.29, 0.717) is 6.54 Å². The number of hydrogen-bond donors (Lipinski definition) is 1. The lowest BCUT2D eigenvalue weighted by molar-refractivity contribution is 0.795. The number of fused-ring (bicyclic) bond motifs is 3. The SMILES string of the molecule is CCCCc1ccc2c(c1-c1ccccc1)Cc1ccc(CN)cc1-2. The van der Waals surface area contributed by atoms with Crippen molar-refractivity contribution >= 4 is 0 Å². The van der Waals surface area contributed by atoms with Crippen molar-refractivity contribution in [1.29, 1.82) is 0 Å². The number of rotatable bonds is 5. The summed E-state index contributed by atoms with van der Waals surface area (Å²) in [6.45, 7) is 2.86. The van der Waals surface area contributed by atoms with Gasteiger partial charge < -0.3 is 5.73 Å². The van der Waals surface area contributed by atoms with E-state index in [1.165, 1.54) is 57.3 Å². The van der Waals surface area contributed by atoms with Gasteiger partial charge in [0.1, 0.15) is 0 Å². The fourth-order valence-electron chi connectivity index (χ4n) is 4.02. The van der Waals surface area contributed by atoms with Gasteiger partial charge in [-0.05, 0) is 69.8 Å². The number of aryl methyl sites for hydroxylation is 1. The minimum Gasteiger partial charge on any atom is -0.326 e. The predicted molar refractivity (Wildman–Crippen MR) is 107 cm³/mol. The van der Waals surface area contributed by atoms with E-state index in [4.69, 9.17) is 5.73 Å². The highest BCUT2D eigenvalue weighted by atomic mass is 14.5. The number of unbranched alkanes of at least 4 members (excludes halogenated alkanes) is 1. The molecule has 0 saturated heterocycles. The highest BCUT2D eigenvalue weighted by Gasteiger charge is 2.23. The lowest BCUT2D eigenvalue weighted by Gasteiger charge is -2.15. The van der Waals surface area contributed by atoms with E-state index < -0.39 is 0 Å². The van der Waals surface area contributed by atoms with Crippen LogP contribution in [0, 0.1) is 0 Å². The molecule has 0 heterocycles. The van der Waals surface area contributed by atoms with Crippen LogP contribution in [0.3, 0.4) is 0 Å². The molecule has 3 aromatic rings. The molecule has 4 rings (SSSR count). The summed E-state index contributed by atoms with van der Waals surface area (Å²) in [6.07, 6.45) is 4.65. The Balaban J connectivity index is 1.89. The van der Waals surface area contributed by atoms with Crippen LogP contribution in [0.1, 0.15) is 42.0 Å². The van der Waals surface area contributed by atoms with E-state index in [2.05, 4.69) is 67.6 Å². The first-order valence-corrected chi connectivity index (χ1v) is 9.34. The molecule has 1 nitrogen and oxygen atoms in total. The molecule has 0 aliphatic heterocycles. The van der Waals surface area contributed by atoms with Gasteiger partial charge in [-0.15, -0.1) is 0 Å². The zero-order valence-corrected chi connectivity index (χ0v) is 14.9.